The molecule has 6 heteroatoms. The second-order valence-corrected chi connectivity index (χ2v) is 4.75. The summed E-state index contributed by atoms with van der Waals surface area (Å²) in [5.74, 6) is 0. The average Bonchev–Trinajstić information content (AvgIpc) is 2.93. The van der Waals surface area contributed by atoms with Crippen LogP contribution in [0.15, 0.2) is 18.6 Å². The van der Waals surface area contributed by atoms with Crippen molar-refractivity contribution in [3.63, 3.8) is 0 Å². The molecule has 2 aromatic rings. The molecule has 0 aromatic carbocycles. The zero-order chi connectivity index (χ0) is 13.1. The number of aryl methyl sites for hydroxylation is 2. The highest BCUT2D eigenvalue weighted by molar-refractivity contribution is 5.85. The van der Waals surface area contributed by atoms with Gasteiger partial charge in [-0.2, -0.15) is 10.2 Å². The molecule has 5 nitrogen and oxygen atoms in total. The molecule has 0 bridgehead atoms. The second-order valence-electron chi connectivity index (χ2n) is 4.75. The molecule has 0 unspecified atom stereocenters. The maximum absolute atomic E-state index is 4.34. The number of halogens is 1. The summed E-state index contributed by atoms with van der Waals surface area (Å²) in [6.07, 6.45) is 5.81. The molecular formula is C13H22ClN5. The van der Waals surface area contributed by atoms with Gasteiger partial charge in [0.2, 0.25) is 0 Å². The lowest BCUT2D eigenvalue weighted by Gasteiger charge is -2.08. The standard InChI is InChI=1S/C13H21N5.ClH/c1-5-17-13(11(4)6-15-17)8-14-12-7-16-18(9-12)10(2)3;/h6-7,9-10,14H,5,8H2,1-4H3;1H. The van der Waals surface area contributed by atoms with E-state index in [-0.39, 0.29) is 12.4 Å². The van der Waals surface area contributed by atoms with E-state index in [1.54, 1.807) is 0 Å². The van der Waals surface area contributed by atoms with Gasteiger partial charge in [-0.3, -0.25) is 9.36 Å². The zero-order valence-corrected chi connectivity index (χ0v) is 12.7. The van der Waals surface area contributed by atoms with Gasteiger partial charge in [-0.05, 0) is 33.3 Å². The average molecular weight is 284 g/mol. The largest absolute Gasteiger partial charge is 0.377 e. The number of rotatable bonds is 5. The van der Waals surface area contributed by atoms with E-state index in [1.807, 2.05) is 28.0 Å². The minimum Gasteiger partial charge on any atom is -0.377 e. The Morgan fingerprint density at radius 1 is 1.26 bits per heavy atom. The van der Waals surface area contributed by atoms with Crippen molar-refractivity contribution in [2.24, 2.45) is 0 Å². The van der Waals surface area contributed by atoms with Crippen LogP contribution in [0.25, 0.3) is 0 Å². The number of hydrogen-bond donors (Lipinski definition) is 1. The van der Waals surface area contributed by atoms with E-state index >= 15 is 0 Å². The Hall–Kier alpha value is -1.49. The first kappa shape index (κ1) is 15.6. The third kappa shape index (κ3) is 3.50. The molecule has 0 atom stereocenters. The minimum atomic E-state index is 0. The van der Waals surface area contributed by atoms with Crippen LogP contribution in [0.2, 0.25) is 0 Å². The Morgan fingerprint density at radius 2 is 2.00 bits per heavy atom. The highest BCUT2D eigenvalue weighted by Crippen LogP contribution is 2.13. The van der Waals surface area contributed by atoms with Gasteiger partial charge in [0.25, 0.3) is 0 Å². The van der Waals surface area contributed by atoms with E-state index in [2.05, 4.69) is 43.2 Å². The number of nitrogens with one attached hydrogen (secondary N) is 1. The summed E-state index contributed by atoms with van der Waals surface area (Å²) >= 11 is 0. The predicted octanol–water partition coefficient (Wildman–Crippen LogP) is 3.02. The summed E-state index contributed by atoms with van der Waals surface area (Å²) in [5, 5.41) is 12.0. The Kier molecular flexibility index (Phi) is 5.42. The molecule has 0 fully saturated rings. The molecule has 0 saturated carbocycles. The van der Waals surface area contributed by atoms with Gasteiger partial charge in [-0.25, -0.2) is 0 Å². The Balaban J connectivity index is 0.00000180. The SMILES string of the molecule is CCn1ncc(C)c1CNc1cnn(C(C)C)c1.Cl. The van der Waals surface area contributed by atoms with Crippen LogP contribution < -0.4 is 5.32 Å². The molecule has 1 N–H and O–H groups in total. The maximum atomic E-state index is 4.34. The van der Waals surface area contributed by atoms with Crippen LogP contribution in [0.1, 0.15) is 38.1 Å². The van der Waals surface area contributed by atoms with Crippen LogP contribution in [0.5, 0.6) is 0 Å². The molecule has 0 aliphatic carbocycles. The summed E-state index contributed by atoms with van der Waals surface area (Å²) in [5.41, 5.74) is 3.50. The minimum absolute atomic E-state index is 0. The van der Waals surface area contributed by atoms with Gasteiger partial charge < -0.3 is 5.32 Å². The molecule has 0 aliphatic rings. The normalized spacial score (nSPS) is 10.6. The van der Waals surface area contributed by atoms with Crippen LogP contribution in [-0.4, -0.2) is 19.6 Å². The molecular weight excluding hydrogens is 262 g/mol. The van der Waals surface area contributed by atoms with Crippen LogP contribution in [0.4, 0.5) is 5.69 Å². The van der Waals surface area contributed by atoms with Gasteiger partial charge in [-0.15, -0.1) is 12.4 Å². The van der Waals surface area contributed by atoms with E-state index in [9.17, 15) is 0 Å². The molecule has 0 amide bonds. The first-order valence-electron chi connectivity index (χ1n) is 6.41. The monoisotopic (exact) mass is 283 g/mol. The maximum Gasteiger partial charge on any atom is 0.0729 e. The van der Waals surface area contributed by atoms with Crippen molar-refractivity contribution < 1.29 is 0 Å². The lowest BCUT2D eigenvalue weighted by atomic mass is 10.2. The van der Waals surface area contributed by atoms with Crippen molar-refractivity contribution in [2.75, 3.05) is 5.32 Å². The third-order valence-electron chi connectivity index (χ3n) is 3.05. The van der Waals surface area contributed by atoms with Crippen molar-refractivity contribution in [3.8, 4) is 0 Å². The molecule has 2 rings (SSSR count). The highest BCUT2D eigenvalue weighted by atomic mass is 35.5. The highest BCUT2D eigenvalue weighted by Gasteiger charge is 2.07. The van der Waals surface area contributed by atoms with Gasteiger partial charge in [-0.1, -0.05) is 0 Å². The molecule has 0 aliphatic heterocycles. The smallest absolute Gasteiger partial charge is 0.0729 e. The van der Waals surface area contributed by atoms with E-state index in [4.69, 9.17) is 0 Å². The van der Waals surface area contributed by atoms with Crippen LogP contribution in [-0.2, 0) is 13.1 Å². The van der Waals surface area contributed by atoms with Crippen molar-refractivity contribution >= 4 is 18.1 Å². The Morgan fingerprint density at radius 3 is 2.58 bits per heavy atom. The van der Waals surface area contributed by atoms with Crippen LogP contribution in [0.3, 0.4) is 0 Å². The van der Waals surface area contributed by atoms with E-state index in [1.165, 1.54) is 11.3 Å². The summed E-state index contributed by atoms with van der Waals surface area (Å²) in [7, 11) is 0. The lowest BCUT2D eigenvalue weighted by molar-refractivity contribution is 0.532. The molecule has 2 aromatic heterocycles. The van der Waals surface area contributed by atoms with Crippen LogP contribution in [0, 0.1) is 6.92 Å². The van der Waals surface area contributed by atoms with Gasteiger partial charge in [0.05, 0.1) is 30.3 Å². The first-order chi connectivity index (χ1) is 8.61. The van der Waals surface area contributed by atoms with Gasteiger partial charge in [0.1, 0.15) is 0 Å². The van der Waals surface area contributed by atoms with Crippen molar-refractivity contribution in [1.82, 2.24) is 19.6 Å². The summed E-state index contributed by atoms with van der Waals surface area (Å²) < 4.78 is 3.97. The number of hydrogen-bond acceptors (Lipinski definition) is 3. The molecule has 19 heavy (non-hydrogen) atoms. The first-order valence-corrected chi connectivity index (χ1v) is 6.41. The molecule has 106 valence electrons. The zero-order valence-electron chi connectivity index (χ0n) is 11.9. The fourth-order valence-electron chi connectivity index (χ4n) is 1.90. The van der Waals surface area contributed by atoms with Crippen LogP contribution >= 0.6 is 12.4 Å². The van der Waals surface area contributed by atoms with E-state index < -0.39 is 0 Å². The van der Waals surface area contributed by atoms with Gasteiger partial charge in [0.15, 0.2) is 0 Å². The molecule has 0 saturated heterocycles. The van der Waals surface area contributed by atoms with Crippen molar-refractivity contribution in [2.45, 2.75) is 46.8 Å². The number of aromatic nitrogens is 4. The molecule has 0 radical (unpaired) electrons. The Bertz CT molecular complexity index is 515. The van der Waals surface area contributed by atoms with E-state index in [0.717, 1.165) is 18.8 Å². The molecule has 0 spiro atoms. The molecule has 2 heterocycles. The quantitative estimate of drug-likeness (QED) is 0.917. The summed E-state index contributed by atoms with van der Waals surface area (Å²) in [4.78, 5) is 0. The third-order valence-corrected chi connectivity index (χ3v) is 3.05. The Labute approximate surface area is 120 Å². The topological polar surface area (TPSA) is 47.7 Å². The lowest BCUT2D eigenvalue weighted by Crippen LogP contribution is -2.08. The van der Waals surface area contributed by atoms with Crippen molar-refractivity contribution in [1.29, 1.82) is 0 Å². The second kappa shape index (κ2) is 6.61. The number of anilines is 1. The van der Waals surface area contributed by atoms with Gasteiger partial charge >= 0.3 is 0 Å². The predicted molar refractivity (Wildman–Crippen MR) is 79.8 cm³/mol. The fourth-order valence-corrected chi connectivity index (χ4v) is 1.90. The summed E-state index contributed by atoms with van der Waals surface area (Å²) in [6, 6.07) is 0.392. The number of nitrogens with zero attached hydrogens (tertiary/aromatic N) is 4. The summed E-state index contributed by atoms with van der Waals surface area (Å²) in [6.45, 7) is 10.1. The fraction of sp³-hybridized carbons (Fsp3) is 0.538. The van der Waals surface area contributed by atoms with E-state index in [0.29, 0.717) is 6.04 Å². The van der Waals surface area contributed by atoms with Gasteiger partial charge in [0, 0.05) is 18.8 Å². The van der Waals surface area contributed by atoms with Crippen molar-refractivity contribution in [3.05, 3.63) is 29.8 Å².